The zero-order chi connectivity index (χ0) is 20.4. The van der Waals surface area contributed by atoms with Crippen LogP contribution in [0.25, 0.3) is 0 Å². The van der Waals surface area contributed by atoms with Crippen molar-refractivity contribution in [1.29, 1.82) is 0 Å². The van der Waals surface area contributed by atoms with Crippen molar-refractivity contribution in [2.75, 3.05) is 19.9 Å². The molecule has 0 aromatic heterocycles. The number of fused-ring (bicyclic) bond motifs is 1. The molecule has 1 atom stereocenters. The molecule has 0 saturated carbocycles. The Morgan fingerprint density at radius 3 is 2.66 bits per heavy atom. The fraction of sp³-hybridized carbons (Fsp3) is 0.286. The van der Waals surface area contributed by atoms with Crippen LogP contribution in [-0.2, 0) is 20.9 Å². The van der Waals surface area contributed by atoms with Crippen LogP contribution in [0.1, 0.15) is 22.3 Å². The predicted molar refractivity (Wildman–Crippen MR) is 106 cm³/mol. The van der Waals surface area contributed by atoms with Crippen molar-refractivity contribution in [3.8, 4) is 11.5 Å². The molecular weight excluding hydrogens is 442 g/mol. The van der Waals surface area contributed by atoms with Gasteiger partial charge in [-0.15, -0.1) is 0 Å². The van der Waals surface area contributed by atoms with Gasteiger partial charge in [-0.3, -0.25) is 14.4 Å². The number of carbonyl (C=O) groups excluding carboxylic acids is 3. The molecule has 0 radical (unpaired) electrons. The molecular formula is C21H18BrNO6. The molecule has 2 aromatic rings. The number of esters is 1. The van der Waals surface area contributed by atoms with Gasteiger partial charge < -0.3 is 19.1 Å². The number of halogens is 1. The number of hydrogen-bond donors (Lipinski definition) is 0. The molecule has 2 heterocycles. The summed E-state index contributed by atoms with van der Waals surface area (Å²) in [6, 6.07) is 12.3. The van der Waals surface area contributed by atoms with E-state index in [2.05, 4.69) is 15.9 Å². The van der Waals surface area contributed by atoms with Crippen molar-refractivity contribution >= 4 is 33.6 Å². The van der Waals surface area contributed by atoms with E-state index in [9.17, 15) is 14.4 Å². The number of carbonyl (C=O) groups is 3. The topological polar surface area (TPSA) is 82.1 Å². The Bertz CT molecular complexity index is 958. The molecule has 4 rings (SSSR count). The number of nitrogens with zero attached hydrogens (tertiary/aromatic N) is 1. The zero-order valence-corrected chi connectivity index (χ0v) is 17.0. The van der Waals surface area contributed by atoms with E-state index in [0.29, 0.717) is 23.6 Å². The SMILES string of the molecule is O=C(COC(=O)[C@H]1CC(=O)N(Cc2ccc3c(c2)OCO3)C1)c1ccc(Br)cc1. The minimum atomic E-state index is -0.575. The molecule has 150 valence electrons. The van der Waals surface area contributed by atoms with E-state index in [1.165, 1.54) is 0 Å². The molecule has 8 heteroatoms. The van der Waals surface area contributed by atoms with Gasteiger partial charge in [0.05, 0.1) is 5.92 Å². The van der Waals surface area contributed by atoms with Crippen molar-refractivity contribution in [2.45, 2.75) is 13.0 Å². The number of rotatable bonds is 6. The maximum absolute atomic E-state index is 12.3. The average Bonchev–Trinajstić information content (AvgIpc) is 3.33. The monoisotopic (exact) mass is 459 g/mol. The Balaban J connectivity index is 1.30. The van der Waals surface area contributed by atoms with Gasteiger partial charge in [0.15, 0.2) is 23.9 Å². The van der Waals surface area contributed by atoms with Crippen molar-refractivity contribution in [3.63, 3.8) is 0 Å². The fourth-order valence-electron chi connectivity index (χ4n) is 3.32. The molecule has 0 N–H and O–H groups in total. The minimum Gasteiger partial charge on any atom is -0.457 e. The quantitative estimate of drug-likeness (QED) is 0.487. The summed E-state index contributed by atoms with van der Waals surface area (Å²) in [5.74, 6) is -0.183. The van der Waals surface area contributed by atoms with Gasteiger partial charge in [-0.05, 0) is 29.8 Å². The Labute approximate surface area is 175 Å². The van der Waals surface area contributed by atoms with Crippen LogP contribution in [0.3, 0.4) is 0 Å². The van der Waals surface area contributed by atoms with Crippen LogP contribution in [0.5, 0.6) is 11.5 Å². The number of ketones is 1. The summed E-state index contributed by atoms with van der Waals surface area (Å²) in [6.07, 6.45) is 0.0792. The Kier molecular flexibility index (Phi) is 5.53. The highest BCUT2D eigenvalue weighted by molar-refractivity contribution is 9.10. The molecule has 2 aliphatic rings. The van der Waals surface area contributed by atoms with Gasteiger partial charge in [-0.25, -0.2) is 0 Å². The van der Waals surface area contributed by atoms with Crippen LogP contribution >= 0.6 is 15.9 Å². The molecule has 0 aliphatic carbocycles. The number of Topliss-reactive ketones (excluding diaryl/α,β-unsaturated/α-hetero) is 1. The zero-order valence-electron chi connectivity index (χ0n) is 15.4. The normalized spacial score (nSPS) is 17.5. The highest BCUT2D eigenvalue weighted by Gasteiger charge is 2.35. The summed E-state index contributed by atoms with van der Waals surface area (Å²) in [4.78, 5) is 38.4. The third-order valence-corrected chi connectivity index (χ3v) is 5.40. The van der Waals surface area contributed by atoms with Gasteiger partial charge in [0.1, 0.15) is 0 Å². The van der Waals surface area contributed by atoms with E-state index in [4.69, 9.17) is 14.2 Å². The molecule has 29 heavy (non-hydrogen) atoms. The molecule has 0 bridgehead atoms. The van der Waals surface area contributed by atoms with Gasteiger partial charge in [0, 0.05) is 29.5 Å². The summed E-state index contributed by atoms with van der Waals surface area (Å²) in [6.45, 7) is 0.483. The predicted octanol–water partition coefficient (Wildman–Crippen LogP) is 2.95. The maximum Gasteiger partial charge on any atom is 0.311 e. The molecule has 1 fully saturated rings. The smallest absolute Gasteiger partial charge is 0.311 e. The number of likely N-dealkylation sites (tertiary alicyclic amines) is 1. The van der Waals surface area contributed by atoms with Crippen LogP contribution < -0.4 is 9.47 Å². The Morgan fingerprint density at radius 1 is 1.10 bits per heavy atom. The second-order valence-corrected chi connectivity index (χ2v) is 7.82. The molecule has 7 nitrogen and oxygen atoms in total. The first kappa shape index (κ1) is 19.4. The van der Waals surface area contributed by atoms with Gasteiger partial charge >= 0.3 is 5.97 Å². The van der Waals surface area contributed by atoms with Crippen LogP contribution in [0.4, 0.5) is 0 Å². The van der Waals surface area contributed by atoms with Gasteiger partial charge in [-0.2, -0.15) is 0 Å². The molecule has 0 unspecified atom stereocenters. The van der Waals surface area contributed by atoms with Crippen LogP contribution in [0, 0.1) is 5.92 Å². The summed E-state index contributed by atoms with van der Waals surface area (Å²) in [5.41, 5.74) is 1.36. The van der Waals surface area contributed by atoms with Crippen molar-refractivity contribution < 1.29 is 28.6 Å². The number of benzene rings is 2. The number of amides is 1. The molecule has 1 amide bonds. The van der Waals surface area contributed by atoms with E-state index < -0.39 is 11.9 Å². The van der Waals surface area contributed by atoms with E-state index in [1.807, 2.05) is 12.1 Å². The largest absolute Gasteiger partial charge is 0.457 e. The third-order valence-electron chi connectivity index (χ3n) is 4.87. The summed E-state index contributed by atoms with van der Waals surface area (Å²) >= 11 is 3.30. The van der Waals surface area contributed by atoms with E-state index in [1.54, 1.807) is 35.2 Å². The van der Waals surface area contributed by atoms with Crippen molar-refractivity contribution in [2.24, 2.45) is 5.92 Å². The van der Waals surface area contributed by atoms with E-state index >= 15 is 0 Å². The Hall–Kier alpha value is -2.87. The lowest BCUT2D eigenvalue weighted by Gasteiger charge is -2.16. The maximum atomic E-state index is 12.3. The third kappa shape index (κ3) is 4.42. The summed E-state index contributed by atoms with van der Waals surface area (Å²) < 4.78 is 16.7. The first-order valence-electron chi connectivity index (χ1n) is 9.11. The standard InChI is InChI=1S/C21H18BrNO6/c22-16-4-2-14(3-5-16)17(24)11-27-21(26)15-8-20(25)23(10-15)9-13-1-6-18-19(7-13)29-12-28-18/h1-7,15H,8-12H2/t15-/m0/s1. The molecule has 0 spiro atoms. The van der Waals surface area contributed by atoms with E-state index in [0.717, 1.165) is 10.0 Å². The van der Waals surface area contributed by atoms with Crippen LogP contribution in [0.2, 0.25) is 0 Å². The first-order valence-corrected chi connectivity index (χ1v) is 9.90. The van der Waals surface area contributed by atoms with Crippen molar-refractivity contribution in [3.05, 3.63) is 58.1 Å². The molecule has 1 saturated heterocycles. The lowest BCUT2D eigenvalue weighted by atomic mass is 10.1. The lowest BCUT2D eigenvalue weighted by molar-refractivity contribution is -0.147. The summed E-state index contributed by atoms with van der Waals surface area (Å²) in [7, 11) is 0. The minimum absolute atomic E-state index is 0.0792. The first-order chi connectivity index (χ1) is 14.0. The van der Waals surface area contributed by atoms with Crippen LogP contribution in [-0.4, -0.2) is 42.5 Å². The molecule has 2 aliphatic heterocycles. The highest BCUT2D eigenvalue weighted by atomic mass is 79.9. The van der Waals surface area contributed by atoms with Gasteiger partial charge in [0.25, 0.3) is 0 Å². The summed E-state index contributed by atoms with van der Waals surface area (Å²) in [5, 5.41) is 0. The van der Waals surface area contributed by atoms with Gasteiger partial charge in [0.2, 0.25) is 12.7 Å². The van der Waals surface area contributed by atoms with Crippen molar-refractivity contribution in [1.82, 2.24) is 4.90 Å². The van der Waals surface area contributed by atoms with Gasteiger partial charge in [-0.1, -0.05) is 34.1 Å². The number of hydrogen-bond acceptors (Lipinski definition) is 6. The van der Waals surface area contributed by atoms with E-state index in [-0.39, 0.29) is 38.1 Å². The number of ether oxygens (including phenoxy) is 3. The van der Waals surface area contributed by atoms with Crippen LogP contribution in [0.15, 0.2) is 46.9 Å². The Morgan fingerprint density at radius 2 is 1.86 bits per heavy atom. The fourth-order valence-corrected chi connectivity index (χ4v) is 3.58. The highest BCUT2D eigenvalue weighted by Crippen LogP contribution is 2.33. The average molecular weight is 460 g/mol. The molecule has 2 aromatic carbocycles. The second-order valence-electron chi connectivity index (χ2n) is 6.90. The lowest BCUT2D eigenvalue weighted by Crippen LogP contribution is -2.27. The second kappa shape index (κ2) is 8.24.